The summed E-state index contributed by atoms with van der Waals surface area (Å²) in [4.78, 5) is 0. The summed E-state index contributed by atoms with van der Waals surface area (Å²) in [5.74, 6) is 0.782. The number of nitrogens with two attached hydrogens (primary N) is 1. The molecule has 108 valence electrons. The van der Waals surface area contributed by atoms with Crippen LogP contribution in [0.4, 0.5) is 0 Å². The molecular weight excluding hydrogens is 306 g/mol. The second-order valence-electron chi connectivity index (χ2n) is 4.22. The molecule has 0 aliphatic carbocycles. The van der Waals surface area contributed by atoms with Crippen molar-refractivity contribution in [2.75, 3.05) is 0 Å². The molecule has 0 radical (unpaired) electrons. The van der Waals surface area contributed by atoms with E-state index in [9.17, 15) is 0 Å². The van der Waals surface area contributed by atoms with Gasteiger partial charge < -0.3 is 10.5 Å². The molecule has 0 aliphatic rings. The Kier molecular flexibility index (Phi) is 5.54. The predicted molar refractivity (Wildman–Crippen MR) is 89.7 cm³/mol. The van der Waals surface area contributed by atoms with E-state index in [1.54, 1.807) is 6.21 Å². The highest BCUT2D eigenvalue weighted by molar-refractivity contribution is 7.80. The summed E-state index contributed by atoms with van der Waals surface area (Å²) in [5.41, 5.74) is 9.73. The van der Waals surface area contributed by atoms with Crippen LogP contribution in [0.25, 0.3) is 0 Å². The number of hydrogen-bond acceptors (Lipinski definition) is 3. The lowest BCUT2D eigenvalue weighted by Gasteiger charge is -2.06. The van der Waals surface area contributed by atoms with Crippen LogP contribution < -0.4 is 15.9 Å². The first-order valence-corrected chi connectivity index (χ1v) is 6.98. The van der Waals surface area contributed by atoms with Crippen LogP contribution in [0.5, 0.6) is 5.75 Å². The molecule has 6 heteroatoms. The molecule has 4 nitrogen and oxygen atoms in total. The number of hydrazone groups is 1. The standard InChI is InChI=1S/C15H14ClN3OS/c16-13-5-1-12(2-6-13)10-20-14-7-3-11(4-8-14)9-18-19-15(17)21/h1-9H,10H2,(H3,17,19,21). The third-order valence-electron chi connectivity index (χ3n) is 2.59. The van der Waals surface area contributed by atoms with Gasteiger partial charge in [-0.25, -0.2) is 0 Å². The third kappa shape index (κ3) is 5.41. The molecule has 0 amide bonds. The first kappa shape index (κ1) is 15.3. The molecule has 2 aromatic rings. The molecule has 0 aromatic heterocycles. The SMILES string of the molecule is NC(=S)NN=Cc1ccc(OCc2ccc(Cl)cc2)cc1. The number of nitrogens with zero attached hydrogens (tertiary/aromatic N) is 1. The van der Waals surface area contributed by atoms with Gasteiger partial charge in [-0.2, -0.15) is 5.10 Å². The fraction of sp³-hybridized carbons (Fsp3) is 0.0667. The van der Waals surface area contributed by atoms with E-state index in [2.05, 4.69) is 22.7 Å². The minimum atomic E-state index is 0.133. The van der Waals surface area contributed by atoms with Crippen molar-refractivity contribution in [2.24, 2.45) is 10.8 Å². The molecule has 2 aromatic carbocycles. The highest BCUT2D eigenvalue weighted by Crippen LogP contribution is 2.15. The topological polar surface area (TPSA) is 59.6 Å². The van der Waals surface area contributed by atoms with Gasteiger partial charge in [-0.1, -0.05) is 23.7 Å². The van der Waals surface area contributed by atoms with Crippen LogP contribution in [0.3, 0.4) is 0 Å². The quantitative estimate of drug-likeness (QED) is 0.505. The van der Waals surface area contributed by atoms with Crippen LogP contribution in [0.2, 0.25) is 5.02 Å². The van der Waals surface area contributed by atoms with E-state index < -0.39 is 0 Å². The van der Waals surface area contributed by atoms with Crippen molar-refractivity contribution in [3.63, 3.8) is 0 Å². The number of thiocarbonyl (C=S) groups is 1. The first-order valence-electron chi connectivity index (χ1n) is 6.19. The highest BCUT2D eigenvalue weighted by atomic mass is 35.5. The van der Waals surface area contributed by atoms with E-state index in [0.717, 1.165) is 16.9 Å². The fourth-order valence-corrected chi connectivity index (χ4v) is 1.75. The molecule has 0 aliphatic heterocycles. The Bertz CT molecular complexity index is 626. The van der Waals surface area contributed by atoms with Crippen molar-refractivity contribution in [1.29, 1.82) is 0 Å². The van der Waals surface area contributed by atoms with Crippen molar-refractivity contribution in [3.8, 4) is 5.75 Å². The second-order valence-corrected chi connectivity index (χ2v) is 5.09. The van der Waals surface area contributed by atoms with Crippen LogP contribution in [-0.4, -0.2) is 11.3 Å². The second kappa shape index (κ2) is 7.61. The molecule has 0 unspecified atom stereocenters. The van der Waals surface area contributed by atoms with Crippen LogP contribution in [0.15, 0.2) is 53.6 Å². The third-order valence-corrected chi connectivity index (χ3v) is 2.93. The van der Waals surface area contributed by atoms with Crippen LogP contribution in [0.1, 0.15) is 11.1 Å². The molecule has 2 rings (SSSR count). The Morgan fingerprint density at radius 3 is 2.48 bits per heavy atom. The van der Waals surface area contributed by atoms with Gasteiger partial charge in [0.2, 0.25) is 0 Å². The molecule has 0 saturated carbocycles. The van der Waals surface area contributed by atoms with Crippen molar-refractivity contribution in [2.45, 2.75) is 6.61 Å². The summed E-state index contributed by atoms with van der Waals surface area (Å²) in [6.07, 6.45) is 1.63. The van der Waals surface area contributed by atoms with E-state index in [0.29, 0.717) is 11.6 Å². The zero-order chi connectivity index (χ0) is 15.1. The lowest BCUT2D eigenvalue weighted by Crippen LogP contribution is -2.23. The van der Waals surface area contributed by atoms with Gasteiger partial charge in [-0.05, 0) is 59.7 Å². The van der Waals surface area contributed by atoms with Crippen molar-refractivity contribution in [3.05, 3.63) is 64.7 Å². The van der Waals surface area contributed by atoms with Gasteiger partial charge in [0.25, 0.3) is 0 Å². The number of ether oxygens (including phenoxy) is 1. The van der Waals surface area contributed by atoms with Crippen molar-refractivity contribution < 1.29 is 4.74 Å². The molecule has 3 N–H and O–H groups in total. The highest BCUT2D eigenvalue weighted by Gasteiger charge is 1.97. The number of rotatable bonds is 5. The minimum absolute atomic E-state index is 0.133. The molecule has 21 heavy (non-hydrogen) atoms. The first-order chi connectivity index (χ1) is 10.1. The Balaban J connectivity index is 1.88. The number of nitrogens with one attached hydrogen (secondary N) is 1. The normalized spacial score (nSPS) is 10.5. The fourth-order valence-electron chi connectivity index (χ4n) is 1.57. The molecule has 0 saturated heterocycles. The zero-order valence-corrected chi connectivity index (χ0v) is 12.7. The average molecular weight is 320 g/mol. The maximum atomic E-state index is 5.83. The van der Waals surface area contributed by atoms with E-state index >= 15 is 0 Å². The summed E-state index contributed by atoms with van der Waals surface area (Å²) in [5, 5.41) is 4.73. The van der Waals surface area contributed by atoms with Crippen molar-refractivity contribution in [1.82, 2.24) is 5.43 Å². The lowest BCUT2D eigenvalue weighted by molar-refractivity contribution is 0.306. The molecule has 0 fully saturated rings. The van der Waals surface area contributed by atoms with Gasteiger partial charge in [-0.3, -0.25) is 5.43 Å². The summed E-state index contributed by atoms with van der Waals surface area (Å²) in [6, 6.07) is 15.1. The van der Waals surface area contributed by atoms with Gasteiger partial charge in [-0.15, -0.1) is 0 Å². The lowest BCUT2D eigenvalue weighted by atomic mass is 10.2. The van der Waals surface area contributed by atoms with Crippen LogP contribution >= 0.6 is 23.8 Å². The van der Waals surface area contributed by atoms with E-state index in [1.165, 1.54) is 0 Å². The zero-order valence-electron chi connectivity index (χ0n) is 11.1. The molecule has 0 spiro atoms. The van der Waals surface area contributed by atoms with Gasteiger partial charge >= 0.3 is 0 Å². The number of benzene rings is 2. The van der Waals surface area contributed by atoms with Gasteiger partial charge in [0.15, 0.2) is 5.11 Å². The minimum Gasteiger partial charge on any atom is -0.489 e. The molecule has 0 atom stereocenters. The predicted octanol–water partition coefficient (Wildman–Crippen LogP) is 3.09. The smallest absolute Gasteiger partial charge is 0.184 e. The van der Waals surface area contributed by atoms with Crippen LogP contribution in [0, 0.1) is 0 Å². The molecule has 0 heterocycles. The Hall–Kier alpha value is -2.11. The van der Waals surface area contributed by atoms with Gasteiger partial charge in [0.05, 0.1) is 6.21 Å². The van der Waals surface area contributed by atoms with Crippen molar-refractivity contribution >= 4 is 35.1 Å². The number of halogens is 1. The average Bonchev–Trinajstić information content (AvgIpc) is 2.48. The Morgan fingerprint density at radius 2 is 1.86 bits per heavy atom. The number of hydrogen-bond donors (Lipinski definition) is 2. The molecular formula is C15H14ClN3OS. The maximum Gasteiger partial charge on any atom is 0.184 e. The van der Waals surface area contributed by atoms with Gasteiger partial charge in [0.1, 0.15) is 12.4 Å². The summed E-state index contributed by atoms with van der Waals surface area (Å²) in [6.45, 7) is 0.494. The van der Waals surface area contributed by atoms with Crippen LogP contribution in [-0.2, 0) is 6.61 Å². The van der Waals surface area contributed by atoms with Gasteiger partial charge in [0, 0.05) is 5.02 Å². The Morgan fingerprint density at radius 1 is 1.19 bits per heavy atom. The largest absolute Gasteiger partial charge is 0.489 e. The van der Waals surface area contributed by atoms with E-state index in [4.69, 9.17) is 22.1 Å². The summed E-state index contributed by atoms with van der Waals surface area (Å²) >= 11 is 10.5. The molecule has 0 bridgehead atoms. The maximum absolute atomic E-state index is 5.83. The Labute approximate surface area is 133 Å². The summed E-state index contributed by atoms with van der Waals surface area (Å²) < 4.78 is 5.69. The summed E-state index contributed by atoms with van der Waals surface area (Å²) in [7, 11) is 0. The van der Waals surface area contributed by atoms with E-state index in [-0.39, 0.29) is 5.11 Å². The van der Waals surface area contributed by atoms with E-state index in [1.807, 2.05) is 48.5 Å². The monoisotopic (exact) mass is 319 g/mol.